The molecule has 0 saturated heterocycles. The summed E-state index contributed by atoms with van der Waals surface area (Å²) in [6.45, 7) is 7.83. The number of para-hydroxylation sites is 1. The standard InChI is InChI=1S/C30H35NO6/c1-7-36-24-11-9-8-10-21(24)28-27(30(33)37-17(2)3)18(4)31-22-14-20(15-23(32)29(22)28)19-12-13-25(34-5)26(16-19)35-6/h8-13,16-17,20,28-29H,7,14-15H2,1-6H3/t20-,28-,29?/m1/s1. The maximum Gasteiger partial charge on any atom is 0.336 e. The predicted octanol–water partition coefficient (Wildman–Crippen LogP) is 5.63. The van der Waals surface area contributed by atoms with E-state index in [-0.39, 0.29) is 17.8 Å². The molecule has 3 atom stereocenters. The highest BCUT2D eigenvalue weighted by molar-refractivity contribution is 6.12. The van der Waals surface area contributed by atoms with Crippen molar-refractivity contribution in [3.8, 4) is 17.2 Å². The minimum Gasteiger partial charge on any atom is -0.494 e. The number of rotatable bonds is 8. The van der Waals surface area contributed by atoms with Gasteiger partial charge in [-0.05, 0) is 63.8 Å². The molecule has 1 unspecified atom stereocenters. The van der Waals surface area contributed by atoms with E-state index < -0.39 is 17.8 Å². The molecule has 37 heavy (non-hydrogen) atoms. The smallest absolute Gasteiger partial charge is 0.336 e. The average Bonchev–Trinajstić information content (AvgIpc) is 2.87. The van der Waals surface area contributed by atoms with E-state index in [0.717, 1.165) is 16.8 Å². The summed E-state index contributed by atoms with van der Waals surface area (Å²) >= 11 is 0. The van der Waals surface area contributed by atoms with Gasteiger partial charge in [0, 0.05) is 29.3 Å². The van der Waals surface area contributed by atoms with Crippen molar-refractivity contribution >= 4 is 17.5 Å². The fourth-order valence-electron chi connectivity index (χ4n) is 5.42. The normalized spacial score (nSPS) is 21.3. The Kier molecular flexibility index (Phi) is 8.00. The molecule has 1 aliphatic carbocycles. The van der Waals surface area contributed by atoms with Crippen LogP contribution in [-0.2, 0) is 14.3 Å². The molecule has 0 N–H and O–H groups in total. The van der Waals surface area contributed by atoms with Gasteiger partial charge in [-0.1, -0.05) is 24.3 Å². The maximum atomic E-state index is 13.9. The van der Waals surface area contributed by atoms with Crippen LogP contribution >= 0.6 is 0 Å². The van der Waals surface area contributed by atoms with Gasteiger partial charge < -0.3 is 18.9 Å². The highest BCUT2D eigenvalue weighted by Gasteiger charge is 2.47. The molecule has 2 aliphatic rings. The lowest BCUT2D eigenvalue weighted by Crippen LogP contribution is -2.41. The van der Waals surface area contributed by atoms with Crippen LogP contribution in [0.3, 0.4) is 0 Å². The Morgan fingerprint density at radius 3 is 2.41 bits per heavy atom. The molecule has 0 amide bonds. The highest BCUT2D eigenvalue weighted by Crippen LogP contribution is 2.48. The van der Waals surface area contributed by atoms with E-state index in [1.807, 2.05) is 70.2 Å². The van der Waals surface area contributed by atoms with Gasteiger partial charge in [-0.25, -0.2) is 4.79 Å². The van der Waals surface area contributed by atoms with Crippen LogP contribution in [-0.4, -0.2) is 44.4 Å². The van der Waals surface area contributed by atoms with E-state index in [1.165, 1.54) is 0 Å². The molecule has 2 aromatic carbocycles. The molecule has 2 aromatic rings. The Morgan fingerprint density at radius 1 is 1.00 bits per heavy atom. The van der Waals surface area contributed by atoms with Crippen LogP contribution < -0.4 is 14.2 Å². The van der Waals surface area contributed by atoms with E-state index in [9.17, 15) is 9.59 Å². The second-order valence-corrected chi connectivity index (χ2v) is 9.67. The van der Waals surface area contributed by atoms with Crippen molar-refractivity contribution in [1.82, 2.24) is 0 Å². The summed E-state index contributed by atoms with van der Waals surface area (Å²) in [5, 5.41) is 0. The first-order valence-electron chi connectivity index (χ1n) is 12.7. The number of methoxy groups -OCH3 is 2. The van der Waals surface area contributed by atoms with E-state index >= 15 is 0 Å². The van der Waals surface area contributed by atoms with E-state index in [1.54, 1.807) is 14.2 Å². The Balaban J connectivity index is 1.80. The van der Waals surface area contributed by atoms with Crippen LogP contribution in [0.1, 0.15) is 63.5 Å². The summed E-state index contributed by atoms with van der Waals surface area (Å²) in [4.78, 5) is 32.1. The number of nitrogens with zero attached hydrogens (tertiary/aromatic N) is 1. The minimum absolute atomic E-state index is 0.0448. The van der Waals surface area contributed by atoms with Crippen molar-refractivity contribution in [3.63, 3.8) is 0 Å². The maximum absolute atomic E-state index is 13.9. The second-order valence-electron chi connectivity index (χ2n) is 9.67. The molecule has 0 spiro atoms. The Labute approximate surface area is 218 Å². The molecule has 0 bridgehead atoms. The first-order chi connectivity index (χ1) is 17.8. The summed E-state index contributed by atoms with van der Waals surface area (Å²) in [5.41, 5.74) is 3.58. The van der Waals surface area contributed by atoms with Crippen molar-refractivity contribution in [1.29, 1.82) is 0 Å². The first kappa shape index (κ1) is 26.5. The molecule has 1 fully saturated rings. The van der Waals surface area contributed by atoms with Crippen LogP contribution in [0.25, 0.3) is 0 Å². The van der Waals surface area contributed by atoms with E-state index in [2.05, 4.69) is 0 Å². The second kappa shape index (κ2) is 11.2. The average molecular weight is 506 g/mol. The molecule has 1 aliphatic heterocycles. The lowest BCUT2D eigenvalue weighted by Gasteiger charge is -2.38. The number of fused-ring (bicyclic) bond motifs is 1. The van der Waals surface area contributed by atoms with Crippen LogP contribution in [0.15, 0.2) is 58.7 Å². The zero-order chi connectivity index (χ0) is 26.7. The Morgan fingerprint density at radius 2 is 1.73 bits per heavy atom. The Hall–Kier alpha value is -3.61. The third-order valence-corrected chi connectivity index (χ3v) is 6.95. The summed E-state index contributed by atoms with van der Waals surface area (Å²) in [6.07, 6.45) is 0.638. The van der Waals surface area contributed by atoms with E-state index in [0.29, 0.717) is 48.0 Å². The van der Waals surface area contributed by atoms with Gasteiger partial charge in [-0.2, -0.15) is 0 Å². The predicted molar refractivity (Wildman–Crippen MR) is 142 cm³/mol. The number of ether oxygens (including phenoxy) is 4. The molecule has 196 valence electrons. The van der Waals surface area contributed by atoms with Crippen LogP contribution in [0.4, 0.5) is 0 Å². The summed E-state index contributed by atoms with van der Waals surface area (Å²) in [7, 11) is 3.20. The lowest BCUT2D eigenvalue weighted by atomic mass is 9.66. The number of carbonyl (C=O) groups excluding carboxylic acids is 2. The van der Waals surface area contributed by atoms with Crippen molar-refractivity contribution in [2.75, 3.05) is 20.8 Å². The molecule has 7 heteroatoms. The van der Waals surface area contributed by atoms with Gasteiger partial charge in [0.15, 0.2) is 11.5 Å². The molecule has 7 nitrogen and oxygen atoms in total. The molecule has 0 radical (unpaired) electrons. The molecule has 1 heterocycles. The van der Waals surface area contributed by atoms with E-state index in [4.69, 9.17) is 23.9 Å². The van der Waals surface area contributed by atoms with Gasteiger partial charge in [0.1, 0.15) is 11.5 Å². The fourth-order valence-corrected chi connectivity index (χ4v) is 5.42. The summed E-state index contributed by atoms with van der Waals surface area (Å²) in [6, 6.07) is 13.4. The summed E-state index contributed by atoms with van der Waals surface area (Å²) < 4.78 is 22.4. The topological polar surface area (TPSA) is 83.4 Å². The van der Waals surface area contributed by atoms with Gasteiger partial charge in [0.25, 0.3) is 0 Å². The first-order valence-corrected chi connectivity index (χ1v) is 12.7. The van der Waals surface area contributed by atoms with Crippen LogP contribution in [0.2, 0.25) is 0 Å². The van der Waals surface area contributed by atoms with Crippen molar-refractivity contribution in [3.05, 3.63) is 64.9 Å². The zero-order valence-electron chi connectivity index (χ0n) is 22.4. The number of hydrogen-bond acceptors (Lipinski definition) is 7. The number of allylic oxidation sites excluding steroid dienone is 1. The fraction of sp³-hybridized carbons (Fsp3) is 0.433. The summed E-state index contributed by atoms with van der Waals surface area (Å²) in [5.74, 6) is 0.386. The molecular weight excluding hydrogens is 470 g/mol. The number of hydrogen-bond donors (Lipinski definition) is 0. The van der Waals surface area contributed by atoms with Crippen molar-refractivity contribution in [2.45, 2.75) is 58.5 Å². The number of esters is 1. The molecular formula is C30H35NO6. The number of Topliss-reactive ketones (excluding diaryl/α,β-unsaturated/α-hetero) is 1. The Bertz CT molecular complexity index is 1240. The third-order valence-electron chi connectivity index (χ3n) is 6.95. The number of ketones is 1. The molecule has 4 rings (SSSR count). The van der Waals surface area contributed by atoms with Crippen molar-refractivity contribution < 1.29 is 28.5 Å². The van der Waals surface area contributed by atoms with Crippen molar-refractivity contribution in [2.24, 2.45) is 10.9 Å². The van der Waals surface area contributed by atoms with Gasteiger partial charge >= 0.3 is 5.97 Å². The SMILES string of the molecule is CCOc1ccccc1[C@@H]1C(C(=O)OC(C)C)=C(C)N=C2C[C@@H](c3ccc(OC)c(OC)c3)CC(=O)C21. The van der Waals surface area contributed by atoms with Crippen LogP contribution in [0.5, 0.6) is 17.2 Å². The largest absolute Gasteiger partial charge is 0.494 e. The molecule has 0 aromatic heterocycles. The zero-order valence-corrected chi connectivity index (χ0v) is 22.4. The van der Waals surface area contributed by atoms with Gasteiger partial charge in [0.2, 0.25) is 0 Å². The minimum atomic E-state index is -0.559. The number of carbonyl (C=O) groups is 2. The number of aliphatic imine (C=N–C) groups is 1. The van der Waals surface area contributed by atoms with Gasteiger partial charge in [0.05, 0.1) is 38.4 Å². The lowest BCUT2D eigenvalue weighted by molar-refractivity contribution is -0.143. The highest BCUT2D eigenvalue weighted by atomic mass is 16.5. The molecule has 1 saturated carbocycles. The number of benzene rings is 2. The van der Waals surface area contributed by atoms with Gasteiger partial charge in [-0.15, -0.1) is 0 Å². The third kappa shape index (κ3) is 5.26. The monoisotopic (exact) mass is 505 g/mol. The van der Waals surface area contributed by atoms with Crippen LogP contribution in [0, 0.1) is 5.92 Å². The van der Waals surface area contributed by atoms with Gasteiger partial charge in [-0.3, -0.25) is 9.79 Å². The quantitative estimate of drug-likeness (QED) is 0.433.